The van der Waals surface area contributed by atoms with Crippen molar-refractivity contribution < 1.29 is 14.2 Å². The van der Waals surface area contributed by atoms with E-state index in [0.717, 1.165) is 27.9 Å². The molecule has 29 heavy (non-hydrogen) atoms. The zero-order chi connectivity index (χ0) is 20.5. The van der Waals surface area contributed by atoms with Gasteiger partial charge in [-0.05, 0) is 24.6 Å². The number of aromatic amines is 1. The van der Waals surface area contributed by atoms with Gasteiger partial charge in [0, 0.05) is 5.56 Å². The van der Waals surface area contributed by atoms with Crippen LogP contribution in [0.2, 0.25) is 0 Å². The van der Waals surface area contributed by atoms with E-state index in [-0.39, 0.29) is 5.88 Å². The maximum atomic E-state index is 9.83. The fourth-order valence-corrected chi connectivity index (χ4v) is 3.55. The van der Waals surface area contributed by atoms with Gasteiger partial charge in [-0.2, -0.15) is 5.26 Å². The summed E-state index contributed by atoms with van der Waals surface area (Å²) >= 11 is 0. The van der Waals surface area contributed by atoms with Gasteiger partial charge >= 0.3 is 0 Å². The van der Waals surface area contributed by atoms with E-state index in [1.165, 1.54) is 0 Å². The van der Waals surface area contributed by atoms with Crippen LogP contribution in [0.3, 0.4) is 0 Å². The Bertz CT molecular complexity index is 1140. The number of nitrogens with one attached hydrogen (secondary N) is 1. The van der Waals surface area contributed by atoms with Crippen LogP contribution in [0.1, 0.15) is 22.6 Å². The molecule has 2 heterocycles. The van der Waals surface area contributed by atoms with E-state index in [9.17, 15) is 5.26 Å². The Hall–Kier alpha value is -3.92. The average molecular weight is 388 g/mol. The summed E-state index contributed by atoms with van der Waals surface area (Å²) < 4.78 is 16.4. The van der Waals surface area contributed by atoms with Crippen molar-refractivity contribution in [3.8, 4) is 34.7 Å². The third-order valence-electron chi connectivity index (χ3n) is 5.02. The van der Waals surface area contributed by atoms with Gasteiger partial charge in [-0.3, -0.25) is 5.10 Å². The summed E-state index contributed by atoms with van der Waals surface area (Å²) in [5.41, 5.74) is 10.8. The summed E-state index contributed by atoms with van der Waals surface area (Å²) in [6.07, 6.45) is 0. The molecule has 1 aliphatic rings. The quantitative estimate of drug-likeness (QED) is 0.707. The molecule has 0 amide bonds. The summed E-state index contributed by atoms with van der Waals surface area (Å²) in [6, 6.07) is 15.8. The molecule has 0 saturated carbocycles. The van der Waals surface area contributed by atoms with E-state index in [0.29, 0.717) is 23.0 Å². The number of methoxy groups -OCH3 is 2. The van der Waals surface area contributed by atoms with E-state index in [4.69, 9.17) is 19.9 Å². The second kappa shape index (κ2) is 7.24. The average Bonchev–Trinajstić information content (AvgIpc) is 3.16. The zero-order valence-corrected chi connectivity index (χ0v) is 16.3. The highest BCUT2D eigenvalue weighted by atomic mass is 16.5. The van der Waals surface area contributed by atoms with Gasteiger partial charge in [0.2, 0.25) is 11.8 Å². The summed E-state index contributed by atoms with van der Waals surface area (Å²) in [5.74, 6) is 1.11. The molecule has 7 nitrogen and oxygen atoms in total. The lowest BCUT2D eigenvalue weighted by Crippen LogP contribution is -2.21. The van der Waals surface area contributed by atoms with Gasteiger partial charge in [0.15, 0.2) is 11.5 Å². The first-order chi connectivity index (χ1) is 14.1. The van der Waals surface area contributed by atoms with E-state index in [1.54, 1.807) is 20.3 Å². The van der Waals surface area contributed by atoms with E-state index < -0.39 is 5.92 Å². The minimum Gasteiger partial charge on any atom is -0.493 e. The number of rotatable bonds is 4. The molecule has 1 aliphatic heterocycles. The molecule has 0 fully saturated rings. The molecular formula is C22H20N4O3. The number of hydrogen-bond donors (Lipinski definition) is 2. The molecule has 3 aromatic rings. The van der Waals surface area contributed by atoms with Crippen molar-refractivity contribution >= 4 is 0 Å². The number of nitrogens with zero attached hydrogens (tertiary/aromatic N) is 2. The Morgan fingerprint density at radius 2 is 1.83 bits per heavy atom. The van der Waals surface area contributed by atoms with Gasteiger partial charge in [0.1, 0.15) is 11.6 Å². The monoisotopic (exact) mass is 388 g/mol. The number of aryl methyl sites for hydroxylation is 1. The van der Waals surface area contributed by atoms with Crippen LogP contribution in [0.5, 0.6) is 17.4 Å². The van der Waals surface area contributed by atoms with Gasteiger partial charge in [-0.1, -0.05) is 35.9 Å². The molecule has 0 saturated heterocycles. The minimum atomic E-state index is -0.460. The fourth-order valence-electron chi connectivity index (χ4n) is 3.55. The van der Waals surface area contributed by atoms with Gasteiger partial charge in [0.25, 0.3) is 0 Å². The van der Waals surface area contributed by atoms with Crippen molar-refractivity contribution in [2.75, 3.05) is 14.2 Å². The highest BCUT2D eigenvalue weighted by molar-refractivity contribution is 5.71. The molecule has 1 aromatic heterocycles. The molecule has 0 radical (unpaired) electrons. The first-order valence-electron chi connectivity index (χ1n) is 9.02. The Labute approximate surface area is 168 Å². The fraction of sp³-hybridized carbons (Fsp3) is 0.182. The second-order valence-electron chi connectivity index (χ2n) is 6.72. The van der Waals surface area contributed by atoms with E-state index >= 15 is 0 Å². The first-order valence-corrected chi connectivity index (χ1v) is 9.02. The molecule has 4 rings (SSSR count). The van der Waals surface area contributed by atoms with Crippen LogP contribution in [0, 0.1) is 18.3 Å². The van der Waals surface area contributed by atoms with Crippen LogP contribution < -0.4 is 19.9 Å². The number of allylic oxidation sites excluding steroid dienone is 1. The number of ether oxygens (including phenoxy) is 3. The number of hydrogen-bond acceptors (Lipinski definition) is 6. The van der Waals surface area contributed by atoms with Gasteiger partial charge in [0.05, 0.1) is 31.4 Å². The molecule has 2 aromatic carbocycles. The lowest BCUT2D eigenvalue weighted by Gasteiger charge is -2.24. The van der Waals surface area contributed by atoms with Crippen LogP contribution in [0.4, 0.5) is 0 Å². The molecule has 0 bridgehead atoms. The van der Waals surface area contributed by atoms with Crippen molar-refractivity contribution in [3.05, 3.63) is 70.6 Å². The molecule has 7 heteroatoms. The van der Waals surface area contributed by atoms with E-state index in [2.05, 4.69) is 16.3 Å². The minimum absolute atomic E-state index is 0.0433. The lowest BCUT2D eigenvalue weighted by molar-refractivity contribution is 0.354. The SMILES string of the molecule is COc1ccc([C@H]2C(C#N)=C(N)Oc3n[nH]c(-c4ccc(C)cc4)c32)cc1OC. The van der Waals surface area contributed by atoms with Crippen LogP contribution in [-0.4, -0.2) is 24.4 Å². The summed E-state index contributed by atoms with van der Waals surface area (Å²) in [7, 11) is 3.15. The molecule has 0 spiro atoms. The van der Waals surface area contributed by atoms with Crippen molar-refractivity contribution in [2.24, 2.45) is 5.73 Å². The number of nitriles is 1. The highest BCUT2D eigenvalue weighted by Crippen LogP contribution is 2.46. The van der Waals surface area contributed by atoms with Crippen LogP contribution in [-0.2, 0) is 0 Å². The standard InChI is InChI=1S/C22H20N4O3/c1-12-4-6-13(7-5-12)20-19-18(14-8-9-16(27-2)17(10-14)28-3)15(11-23)21(24)29-22(19)26-25-20/h4-10,18H,24H2,1-3H3,(H,25,26)/t18-/m0/s1. The lowest BCUT2D eigenvalue weighted by atomic mass is 9.83. The smallest absolute Gasteiger partial charge is 0.244 e. The molecule has 146 valence electrons. The van der Waals surface area contributed by atoms with Crippen molar-refractivity contribution in [1.29, 1.82) is 5.26 Å². The Morgan fingerprint density at radius 3 is 2.48 bits per heavy atom. The first kappa shape index (κ1) is 18.4. The van der Waals surface area contributed by atoms with Crippen molar-refractivity contribution in [2.45, 2.75) is 12.8 Å². The van der Waals surface area contributed by atoms with Gasteiger partial charge in [-0.15, -0.1) is 5.10 Å². The Kier molecular flexibility index (Phi) is 4.61. The third kappa shape index (κ3) is 3.05. The van der Waals surface area contributed by atoms with Crippen molar-refractivity contribution in [3.63, 3.8) is 0 Å². The number of aromatic nitrogens is 2. The summed E-state index contributed by atoms with van der Waals surface area (Å²) in [6.45, 7) is 2.03. The number of H-pyrrole nitrogens is 1. The second-order valence-corrected chi connectivity index (χ2v) is 6.72. The van der Waals surface area contributed by atoms with Crippen LogP contribution in [0.25, 0.3) is 11.3 Å². The maximum Gasteiger partial charge on any atom is 0.244 e. The molecule has 0 unspecified atom stereocenters. The number of benzene rings is 2. The van der Waals surface area contributed by atoms with Crippen LogP contribution in [0.15, 0.2) is 53.9 Å². The maximum absolute atomic E-state index is 9.83. The van der Waals surface area contributed by atoms with Crippen molar-refractivity contribution in [1.82, 2.24) is 10.2 Å². The molecule has 1 atom stereocenters. The molecule has 0 aliphatic carbocycles. The van der Waals surface area contributed by atoms with E-state index in [1.807, 2.05) is 43.3 Å². The number of nitrogens with two attached hydrogens (primary N) is 1. The predicted octanol–water partition coefficient (Wildman–Crippen LogP) is 3.62. The topological polar surface area (TPSA) is 106 Å². The van der Waals surface area contributed by atoms with Gasteiger partial charge in [-0.25, -0.2) is 0 Å². The normalized spacial score (nSPS) is 15.3. The predicted molar refractivity (Wildman–Crippen MR) is 108 cm³/mol. The molecular weight excluding hydrogens is 368 g/mol. The molecule has 3 N–H and O–H groups in total. The Balaban J connectivity index is 1.93. The zero-order valence-electron chi connectivity index (χ0n) is 16.3. The summed E-state index contributed by atoms with van der Waals surface area (Å²) in [4.78, 5) is 0. The number of fused-ring (bicyclic) bond motifs is 1. The van der Waals surface area contributed by atoms with Gasteiger partial charge < -0.3 is 19.9 Å². The third-order valence-corrected chi connectivity index (χ3v) is 5.02. The summed E-state index contributed by atoms with van der Waals surface area (Å²) in [5, 5.41) is 17.2. The Morgan fingerprint density at radius 1 is 1.10 bits per heavy atom. The highest BCUT2D eigenvalue weighted by Gasteiger charge is 2.36. The largest absolute Gasteiger partial charge is 0.493 e. The van der Waals surface area contributed by atoms with Crippen LogP contribution >= 0.6 is 0 Å².